The van der Waals surface area contributed by atoms with Gasteiger partial charge in [0.05, 0.1) is 5.54 Å². The number of nitrogens with zero attached hydrogens (tertiary/aromatic N) is 2. The molecule has 6 rings (SSSR count). The zero-order chi connectivity index (χ0) is 27.4. The lowest BCUT2D eigenvalue weighted by Crippen LogP contribution is -2.56. The highest BCUT2D eigenvalue weighted by atomic mass is 16.2. The molecule has 1 aliphatic heterocycles. The molecule has 0 bridgehead atoms. The summed E-state index contributed by atoms with van der Waals surface area (Å²) in [5.41, 5.74) is 7.40. The number of carbonyl (C=O) groups excluding carboxylic acids is 4. The summed E-state index contributed by atoms with van der Waals surface area (Å²) < 4.78 is 0. The minimum Gasteiger partial charge on any atom is -0.334 e. The van der Waals surface area contributed by atoms with E-state index in [-0.39, 0.29) is 24.4 Å². The van der Waals surface area contributed by atoms with Crippen LogP contribution < -0.4 is 16.4 Å². The number of rotatable bonds is 8. The Hall–Kier alpha value is -3.72. The molecule has 9 nitrogen and oxygen atoms in total. The molecule has 9 heteroatoms. The number of hydrogen-bond donors (Lipinski definition) is 3. The summed E-state index contributed by atoms with van der Waals surface area (Å²) in [5, 5.41) is 5.81. The first-order valence-corrected chi connectivity index (χ1v) is 13.9. The highest BCUT2D eigenvalue weighted by Gasteiger charge is 2.56. The molecule has 0 unspecified atom stereocenters. The average molecular weight is 530 g/mol. The molecule has 2 aromatic carbocycles. The van der Waals surface area contributed by atoms with E-state index in [4.69, 9.17) is 5.73 Å². The third-order valence-corrected chi connectivity index (χ3v) is 9.07. The molecular weight excluding hydrogens is 494 g/mol. The molecule has 0 aromatic heterocycles. The van der Waals surface area contributed by atoms with E-state index in [2.05, 4.69) is 10.6 Å². The fraction of sp³-hybridized carbons (Fsp3) is 0.467. The zero-order valence-electron chi connectivity index (χ0n) is 22.2. The maximum atomic E-state index is 13.8. The van der Waals surface area contributed by atoms with Crippen molar-refractivity contribution in [2.24, 2.45) is 11.7 Å². The van der Waals surface area contributed by atoms with Crippen molar-refractivity contribution in [2.45, 2.75) is 75.5 Å². The molecule has 4 N–H and O–H groups in total. The molecule has 0 radical (unpaired) electrons. The molecule has 3 aliphatic carbocycles. The minimum atomic E-state index is -1.19. The quantitative estimate of drug-likeness (QED) is 0.454. The van der Waals surface area contributed by atoms with Crippen LogP contribution in [0.1, 0.15) is 62.1 Å². The van der Waals surface area contributed by atoms with Gasteiger partial charge in [-0.25, -0.2) is 4.79 Å². The number of benzene rings is 2. The van der Waals surface area contributed by atoms with Gasteiger partial charge < -0.3 is 21.3 Å². The van der Waals surface area contributed by atoms with Crippen LogP contribution in [-0.4, -0.2) is 51.7 Å². The van der Waals surface area contributed by atoms with Gasteiger partial charge in [-0.1, -0.05) is 36.4 Å². The fourth-order valence-corrected chi connectivity index (χ4v) is 6.21. The van der Waals surface area contributed by atoms with Crippen LogP contribution >= 0.6 is 0 Å². The van der Waals surface area contributed by atoms with Crippen LogP contribution in [0, 0.1) is 5.92 Å². The molecule has 4 aliphatic rings. The summed E-state index contributed by atoms with van der Waals surface area (Å²) in [4.78, 5) is 55.9. The van der Waals surface area contributed by atoms with Gasteiger partial charge in [-0.05, 0) is 86.6 Å². The second-order valence-corrected chi connectivity index (χ2v) is 11.6. The van der Waals surface area contributed by atoms with Crippen LogP contribution in [-0.2, 0) is 32.9 Å². The summed E-state index contributed by atoms with van der Waals surface area (Å²) in [6.45, 7) is 2.19. The SMILES string of the molecule is C[C@@H](C1CC1)N(Cc1ccccc1)C(=O)CN1C(=O)N[C@]2(CCc3cc(NC(=O)C4(N)CCC4)ccc32)C1=O. The van der Waals surface area contributed by atoms with Gasteiger partial charge in [-0.15, -0.1) is 0 Å². The Morgan fingerprint density at radius 1 is 1.13 bits per heavy atom. The number of hydrogen-bond acceptors (Lipinski definition) is 5. The van der Waals surface area contributed by atoms with Gasteiger partial charge in [0.1, 0.15) is 12.1 Å². The van der Waals surface area contributed by atoms with Crippen LogP contribution in [0.3, 0.4) is 0 Å². The van der Waals surface area contributed by atoms with Crippen molar-refractivity contribution < 1.29 is 19.2 Å². The molecular formula is C30H35N5O4. The highest BCUT2D eigenvalue weighted by Crippen LogP contribution is 2.43. The Kier molecular flexibility index (Phi) is 6.21. The van der Waals surface area contributed by atoms with Crippen molar-refractivity contribution in [1.29, 1.82) is 0 Å². The third-order valence-electron chi connectivity index (χ3n) is 9.07. The summed E-state index contributed by atoms with van der Waals surface area (Å²) in [6.07, 6.45) is 5.42. The van der Waals surface area contributed by atoms with Gasteiger partial charge in [0.15, 0.2) is 0 Å². The number of urea groups is 1. The van der Waals surface area contributed by atoms with E-state index in [1.165, 1.54) is 0 Å². The van der Waals surface area contributed by atoms with Gasteiger partial charge in [0, 0.05) is 18.3 Å². The van der Waals surface area contributed by atoms with Crippen LogP contribution in [0.5, 0.6) is 0 Å². The molecule has 5 amide bonds. The van der Waals surface area contributed by atoms with E-state index >= 15 is 0 Å². The maximum Gasteiger partial charge on any atom is 0.325 e. The lowest BCUT2D eigenvalue weighted by atomic mass is 9.77. The summed E-state index contributed by atoms with van der Waals surface area (Å²) in [5.74, 6) is -0.383. The lowest BCUT2D eigenvalue weighted by Gasteiger charge is -2.36. The number of amides is 5. The van der Waals surface area contributed by atoms with E-state index in [0.29, 0.717) is 49.4 Å². The van der Waals surface area contributed by atoms with Gasteiger partial charge in [-0.2, -0.15) is 0 Å². The monoisotopic (exact) mass is 529 g/mol. The molecule has 1 heterocycles. The molecule has 2 saturated carbocycles. The van der Waals surface area contributed by atoms with E-state index < -0.39 is 23.0 Å². The first-order valence-electron chi connectivity index (χ1n) is 13.9. The second-order valence-electron chi connectivity index (χ2n) is 11.6. The van der Waals surface area contributed by atoms with Crippen molar-refractivity contribution in [3.63, 3.8) is 0 Å². The number of carbonyl (C=O) groups is 4. The molecule has 2 aromatic rings. The van der Waals surface area contributed by atoms with Crippen molar-refractivity contribution in [3.05, 3.63) is 65.2 Å². The molecule has 204 valence electrons. The largest absolute Gasteiger partial charge is 0.334 e. The topological polar surface area (TPSA) is 125 Å². The number of fused-ring (bicyclic) bond motifs is 2. The second kappa shape index (κ2) is 9.48. The maximum absolute atomic E-state index is 13.8. The highest BCUT2D eigenvalue weighted by molar-refractivity contribution is 6.10. The Morgan fingerprint density at radius 3 is 2.54 bits per heavy atom. The van der Waals surface area contributed by atoms with Gasteiger partial charge >= 0.3 is 6.03 Å². The number of nitrogens with two attached hydrogens (primary N) is 1. The van der Waals surface area contributed by atoms with E-state index in [0.717, 1.165) is 35.3 Å². The first kappa shape index (κ1) is 25.6. The minimum absolute atomic E-state index is 0.0286. The summed E-state index contributed by atoms with van der Waals surface area (Å²) >= 11 is 0. The van der Waals surface area contributed by atoms with Gasteiger partial charge in [0.25, 0.3) is 5.91 Å². The van der Waals surface area contributed by atoms with Crippen LogP contribution in [0.2, 0.25) is 0 Å². The van der Waals surface area contributed by atoms with Crippen molar-refractivity contribution in [2.75, 3.05) is 11.9 Å². The molecule has 39 heavy (non-hydrogen) atoms. The Bertz CT molecular complexity index is 1340. The molecule has 3 fully saturated rings. The van der Waals surface area contributed by atoms with Crippen molar-refractivity contribution in [1.82, 2.24) is 15.1 Å². The first-order chi connectivity index (χ1) is 18.7. The van der Waals surface area contributed by atoms with Crippen molar-refractivity contribution >= 4 is 29.4 Å². The lowest BCUT2D eigenvalue weighted by molar-refractivity contribution is -0.141. The molecule has 2 atom stereocenters. The predicted molar refractivity (Wildman–Crippen MR) is 145 cm³/mol. The molecule has 1 saturated heterocycles. The number of anilines is 1. The van der Waals surface area contributed by atoms with Crippen molar-refractivity contribution in [3.8, 4) is 0 Å². The predicted octanol–water partition coefficient (Wildman–Crippen LogP) is 3.03. The van der Waals surface area contributed by atoms with Crippen LogP contribution in [0.15, 0.2) is 48.5 Å². The van der Waals surface area contributed by atoms with Gasteiger partial charge in [0.2, 0.25) is 11.8 Å². The Balaban J connectivity index is 1.18. The van der Waals surface area contributed by atoms with E-state index in [1.54, 1.807) is 12.1 Å². The summed E-state index contributed by atoms with van der Waals surface area (Å²) in [7, 11) is 0. The average Bonchev–Trinajstić information content (AvgIpc) is 3.66. The normalized spacial score (nSPS) is 23.7. The smallest absolute Gasteiger partial charge is 0.325 e. The Morgan fingerprint density at radius 2 is 1.87 bits per heavy atom. The van der Waals surface area contributed by atoms with E-state index in [9.17, 15) is 19.2 Å². The standard InChI is InChI=1S/C30H35N5O4/c1-19(21-8-9-21)34(17-20-6-3-2-4-7-20)25(36)18-35-27(38)30(33-28(35)39)15-12-22-16-23(10-11-24(22)30)32-26(37)29(31)13-5-14-29/h2-4,6-7,10-11,16,19,21H,5,8-9,12-15,17-18,31H2,1H3,(H,32,37)(H,33,39)/t19-,30-/m0/s1. The Labute approximate surface area is 228 Å². The van der Waals surface area contributed by atoms with Crippen LogP contribution in [0.25, 0.3) is 0 Å². The van der Waals surface area contributed by atoms with Gasteiger partial charge in [-0.3, -0.25) is 19.3 Å². The number of imide groups is 1. The fourth-order valence-electron chi connectivity index (χ4n) is 6.21. The van der Waals surface area contributed by atoms with Crippen LogP contribution in [0.4, 0.5) is 10.5 Å². The number of nitrogens with one attached hydrogen (secondary N) is 2. The zero-order valence-corrected chi connectivity index (χ0v) is 22.2. The molecule has 1 spiro atoms. The third kappa shape index (κ3) is 4.48. The summed E-state index contributed by atoms with van der Waals surface area (Å²) in [6, 6.07) is 14.7. The number of aryl methyl sites for hydroxylation is 1. The van der Waals surface area contributed by atoms with E-state index in [1.807, 2.05) is 48.2 Å².